The second kappa shape index (κ2) is 18.0. The Morgan fingerprint density at radius 3 is 2.21 bits per heavy atom. The maximum atomic E-state index is 14.4. The molecule has 1 heterocycles. The minimum atomic E-state index is -1.19. The molecule has 14 heteroatoms. The van der Waals surface area contributed by atoms with Crippen LogP contribution >= 0.6 is 0 Å². The van der Waals surface area contributed by atoms with Crippen molar-refractivity contribution in [1.29, 1.82) is 0 Å². The van der Waals surface area contributed by atoms with Gasteiger partial charge in [0.05, 0.1) is 12.6 Å². The second-order valence-corrected chi connectivity index (χ2v) is 15.8. The predicted octanol–water partition coefficient (Wildman–Crippen LogP) is 2.86. The van der Waals surface area contributed by atoms with Gasteiger partial charge in [-0.2, -0.15) is 0 Å². The van der Waals surface area contributed by atoms with Gasteiger partial charge in [-0.1, -0.05) is 83.7 Å². The molecule has 1 saturated heterocycles. The molecule has 0 bridgehead atoms. The highest BCUT2D eigenvalue weighted by atomic mass is 16.6. The van der Waals surface area contributed by atoms with Crippen molar-refractivity contribution in [3.8, 4) is 0 Å². The molecule has 6 amide bonds. The van der Waals surface area contributed by atoms with Gasteiger partial charge in [-0.3, -0.25) is 28.8 Å². The predicted molar refractivity (Wildman–Crippen MR) is 197 cm³/mol. The van der Waals surface area contributed by atoms with Gasteiger partial charge >= 0.3 is 6.09 Å². The van der Waals surface area contributed by atoms with Gasteiger partial charge in [-0.15, -0.1) is 0 Å². The summed E-state index contributed by atoms with van der Waals surface area (Å²) in [5.74, 6) is -3.78. The smallest absolute Gasteiger partial charge is 0.408 e. The Kier molecular flexibility index (Phi) is 14.0. The number of carbonyl (C=O) groups excluding carboxylic acids is 7. The van der Waals surface area contributed by atoms with Crippen LogP contribution in [0.2, 0.25) is 0 Å². The highest BCUT2D eigenvalue weighted by molar-refractivity contribution is 6.38. The molecule has 0 radical (unpaired) electrons. The number of amides is 6. The molecule has 2 saturated carbocycles. The second-order valence-electron chi connectivity index (χ2n) is 15.8. The molecule has 0 aromatic heterocycles. The summed E-state index contributed by atoms with van der Waals surface area (Å²) in [6, 6.07) is 4.71. The Labute approximate surface area is 312 Å². The van der Waals surface area contributed by atoms with Crippen LogP contribution in [0.4, 0.5) is 4.79 Å². The van der Waals surface area contributed by atoms with Crippen LogP contribution in [-0.4, -0.2) is 103 Å². The number of nitrogens with zero attached hydrogens (tertiary/aromatic N) is 2. The molecule has 14 nitrogen and oxygen atoms in total. The van der Waals surface area contributed by atoms with Gasteiger partial charge in [0.1, 0.15) is 24.2 Å². The average Bonchev–Trinajstić information content (AvgIpc) is 3.79. The molecular weight excluding hydrogens is 680 g/mol. The molecule has 0 spiro atoms. The zero-order chi connectivity index (χ0) is 39.0. The Bertz CT molecular complexity index is 1510. The highest BCUT2D eigenvalue weighted by Crippen LogP contribution is 2.50. The van der Waals surface area contributed by atoms with Crippen LogP contribution in [0.5, 0.6) is 0 Å². The third kappa shape index (κ3) is 10.3. The topological polar surface area (TPSA) is 183 Å². The largest absolute Gasteiger partial charge is 0.446 e. The number of ketones is 1. The van der Waals surface area contributed by atoms with Crippen LogP contribution in [-0.2, 0) is 33.5 Å². The Hall–Kier alpha value is -4.49. The van der Waals surface area contributed by atoms with Crippen LogP contribution in [0.15, 0.2) is 30.3 Å². The number of piperidine rings is 1. The molecule has 3 aliphatic rings. The quantitative estimate of drug-likeness (QED) is 0.187. The first-order valence-corrected chi connectivity index (χ1v) is 19.0. The van der Waals surface area contributed by atoms with E-state index in [0.717, 1.165) is 38.5 Å². The summed E-state index contributed by atoms with van der Waals surface area (Å²) < 4.78 is 5.60. The van der Waals surface area contributed by atoms with Crippen molar-refractivity contribution in [1.82, 2.24) is 31.1 Å². The molecular formula is C39H58N6O8. The minimum absolute atomic E-state index is 0.0858. The summed E-state index contributed by atoms with van der Waals surface area (Å²) in [4.78, 5) is 96.5. The van der Waals surface area contributed by atoms with Gasteiger partial charge < -0.3 is 35.8 Å². The third-order valence-electron chi connectivity index (χ3n) is 11.1. The van der Waals surface area contributed by atoms with E-state index in [1.54, 1.807) is 56.3 Å². The minimum Gasteiger partial charge on any atom is -0.446 e. The number of Topliss-reactive ketones (excluding diaryl/α,β-unsaturated/α-hetero) is 1. The highest BCUT2D eigenvalue weighted by Gasteiger charge is 2.59. The summed E-state index contributed by atoms with van der Waals surface area (Å²) in [7, 11) is 3.13. The number of alkyl carbamates (subject to hydrolysis) is 1. The molecule has 1 aliphatic heterocycles. The van der Waals surface area contributed by atoms with Crippen molar-refractivity contribution in [2.24, 2.45) is 23.2 Å². The van der Waals surface area contributed by atoms with E-state index in [1.807, 2.05) is 27.7 Å². The standard InChI is InChI=1S/C39H58N6O8/c1-8-15-28(32(47)35(49)40-21-29(46)42-30(36(50)44(6)7)25-16-11-9-12-17-25)41-34(48)31-27-20-26(27)22-45(31)37(51)33(39(5)18-13-10-14-19-39)43-38(52)53-24(4)23(2)3/h9,11-12,16-17,23-24,26-28,30-31,33H,8,10,13-15,18-22H2,1-7H3,(H,40,49)(H,41,48)(H,42,46)(H,43,52)/t24?,26-,27-,28?,30-,31-,33+/m0/s1. The Balaban J connectivity index is 1.43. The van der Waals surface area contributed by atoms with Gasteiger partial charge in [-0.05, 0) is 61.3 Å². The summed E-state index contributed by atoms with van der Waals surface area (Å²) in [6.45, 7) is 9.29. The fourth-order valence-electron chi connectivity index (χ4n) is 7.46. The van der Waals surface area contributed by atoms with Crippen molar-refractivity contribution in [3.05, 3.63) is 35.9 Å². The van der Waals surface area contributed by atoms with E-state index < -0.39 is 65.7 Å². The molecule has 2 unspecified atom stereocenters. The SMILES string of the molecule is CCCC(NC(=O)[C@@H]1[C@H]2C[C@H]2CN1C(=O)[C@@H](NC(=O)OC(C)C(C)C)C1(C)CCCCC1)C(=O)C(=O)NCC(=O)N[C@H](C(=O)N(C)C)c1ccccc1. The summed E-state index contributed by atoms with van der Waals surface area (Å²) in [6.07, 6.45) is 4.70. The molecule has 4 rings (SSSR count). The number of benzene rings is 1. The molecule has 3 fully saturated rings. The maximum absolute atomic E-state index is 14.4. The number of rotatable bonds is 16. The monoisotopic (exact) mass is 738 g/mol. The lowest BCUT2D eigenvalue weighted by atomic mass is 9.70. The zero-order valence-electron chi connectivity index (χ0n) is 32.2. The van der Waals surface area contributed by atoms with Crippen molar-refractivity contribution < 1.29 is 38.3 Å². The number of nitrogens with one attached hydrogen (secondary N) is 4. The number of ether oxygens (including phenoxy) is 1. The van der Waals surface area contributed by atoms with E-state index in [1.165, 1.54) is 4.90 Å². The Morgan fingerprint density at radius 2 is 1.60 bits per heavy atom. The van der Waals surface area contributed by atoms with E-state index in [2.05, 4.69) is 21.3 Å². The van der Waals surface area contributed by atoms with Crippen LogP contribution in [0.3, 0.4) is 0 Å². The van der Waals surface area contributed by atoms with E-state index in [9.17, 15) is 33.6 Å². The molecule has 292 valence electrons. The van der Waals surface area contributed by atoms with Gasteiger partial charge in [0, 0.05) is 20.6 Å². The first kappa shape index (κ1) is 41.3. The summed E-state index contributed by atoms with van der Waals surface area (Å²) in [5.41, 5.74) is 0.0236. The van der Waals surface area contributed by atoms with Crippen LogP contribution < -0.4 is 21.3 Å². The molecule has 1 aromatic rings. The number of fused-ring (bicyclic) bond motifs is 1. The van der Waals surface area contributed by atoms with Crippen LogP contribution in [0.1, 0.15) is 97.6 Å². The summed E-state index contributed by atoms with van der Waals surface area (Å²) in [5, 5.41) is 10.6. The number of likely N-dealkylation sites (N-methyl/N-ethyl adjacent to an activating group) is 1. The zero-order valence-corrected chi connectivity index (χ0v) is 32.2. The lowest BCUT2D eigenvalue weighted by Crippen LogP contribution is -2.61. The van der Waals surface area contributed by atoms with Gasteiger partial charge in [0.2, 0.25) is 29.4 Å². The van der Waals surface area contributed by atoms with Crippen molar-refractivity contribution in [2.45, 2.75) is 116 Å². The molecule has 53 heavy (non-hydrogen) atoms. The fraction of sp³-hybridized carbons (Fsp3) is 0.667. The summed E-state index contributed by atoms with van der Waals surface area (Å²) >= 11 is 0. The lowest BCUT2D eigenvalue weighted by Gasteiger charge is -2.42. The number of likely N-dealkylation sites (tertiary alicyclic amines) is 1. The van der Waals surface area contributed by atoms with Crippen molar-refractivity contribution >= 4 is 41.4 Å². The Morgan fingerprint density at radius 1 is 0.943 bits per heavy atom. The van der Waals surface area contributed by atoms with E-state index in [0.29, 0.717) is 18.5 Å². The molecule has 7 atom stereocenters. The molecule has 1 aromatic carbocycles. The van der Waals surface area contributed by atoms with E-state index in [-0.39, 0.29) is 42.1 Å². The van der Waals surface area contributed by atoms with Crippen molar-refractivity contribution in [3.63, 3.8) is 0 Å². The first-order valence-electron chi connectivity index (χ1n) is 19.0. The lowest BCUT2D eigenvalue weighted by molar-refractivity contribution is -0.145. The maximum Gasteiger partial charge on any atom is 0.408 e. The van der Waals surface area contributed by atoms with Gasteiger partial charge in [0.15, 0.2) is 0 Å². The molecule has 4 N–H and O–H groups in total. The number of carbonyl (C=O) groups is 7. The number of hydrogen-bond acceptors (Lipinski definition) is 8. The van der Waals surface area contributed by atoms with Crippen molar-refractivity contribution in [2.75, 3.05) is 27.2 Å². The average molecular weight is 739 g/mol. The normalized spacial score (nSPS) is 22.3. The van der Waals surface area contributed by atoms with Gasteiger partial charge in [-0.25, -0.2) is 4.79 Å². The van der Waals surface area contributed by atoms with Crippen LogP contribution in [0, 0.1) is 23.2 Å². The van der Waals surface area contributed by atoms with Gasteiger partial charge in [0.25, 0.3) is 5.91 Å². The number of hydrogen-bond donors (Lipinski definition) is 4. The molecule has 2 aliphatic carbocycles. The van der Waals surface area contributed by atoms with E-state index >= 15 is 0 Å². The first-order chi connectivity index (χ1) is 25.1. The third-order valence-corrected chi connectivity index (χ3v) is 11.1. The fourth-order valence-corrected chi connectivity index (χ4v) is 7.46. The van der Waals surface area contributed by atoms with Crippen LogP contribution in [0.25, 0.3) is 0 Å². The van der Waals surface area contributed by atoms with E-state index in [4.69, 9.17) is 4.74 Å².